The van der Waals surface area contributed by atoms with Crippen molar-refractivity contribution in [3.8, 4) is 0 Å². The molecule has 204 valence electrons. The molecule has 0 aliphatic heterocycles. The molecule has 0 radical (unpaired) electrons. The van der Waals surface area contributed by atoms with Crippen LogP contribution in [0.15, 0.2) is 64.9 Å². The van der Waals surface area contributed by atoms with Gasteiger partial charge in [-0.2, -0.15) is 13.2 Å². The lowest BCUT2D eigenvalue weighted by Gasteiger charge is -2.32. The topological polar surface area (TPSA) is 87.3 Å². The van der Waals surface area contributed by atoms with Crippen LogP contribution in [0.3, 0.4) is 0 Å². The number of aryl methyl sites for hydroxylation is 1. The fourth-order valence-corrected chi connectivity index (χ4v) is 7.03. The van der Waals surface area contributed by atoms with Crippen molar-refractivity contribution in [1.82, 2.24) is 15.4 Å². The van der Waals surface area contributed by atoms with Crippen LogP contribution in [0.5, 0.6) is 0 Å². The van der Waals surface area contributed by atoms with Gasteiger partial charge in [0.15, 0.2) is 0 Å². The fourth-order valence-electron chi connectivity index (χ4n) is 4.41. The van der Waals surface area contributed by atoms with Crippen LogP contribution in [0.2, 0.25) is 0 Å². The largest absolute Gasteiger partial charge is 0.416 e. The molecule has 0 saturated heterocycles. The van der Waals surface area contributed by atoms with Crippen LogP contribution in [0, 0.1) is 6.92 Å². The SMILES string of the molecule is Cc1ccc(C(=O)NCc2ccc(S(=O)(=O)N[C@H]3CCCCC3NCc3ccc(C(F)(F)F)cc3)s2)cc1. The van der Waals surface area contributed by atoms with Crippen molar-refractivity contribution in [1.29, 1.82) is 0 Å². The van der Waals surface area contributed by atoms with Gasteiger partial charge >= 0.3 is 6.18 Å². The van der Waals surface area contributed by atoms with Crippen molar-refractivity contribution < 1.29 is 26.4 Å². The standard InChI is InChI=1S/C27H30F3N3O3S2/c1-18-6-10-20(11-7-18)26(34)32-17-22-14-15-25(37-22)38(35,36)33-24-5-3-2-4-23(24)31-16-19-8-12-21(13-9-19)27(28,29)30/h6-15,23-24,31,33H,2-5,16-17H2,1H3,(H,32,34)/t23?,24-/m0/s1. The number of halogens is 3. The van der Waals surface area contributed by atoms with Crippen molar-refractivity contribution in [3.63, 3.8) is 0 Å². The van der Waals surface area contributed by atoms with E-state index in [1.54, 1.807) is 18.2 Å². The van der Waals surface area contributed by atoms with Gasteiger partial charge in [0.25, 0.3) is 5.91 Å². The van der Waals surface area contributed by atoms with Gasteiger partial charge in [0.05, 0.1) is 12.1 Å². The summed E-state index contributed by atoms with van der Waals surface area (Å²) in [6.45, 7) is 2.49. The number of carbonyl (C=O) groups excluding carboxylic acids is 1. The third-order valence-electron chi connectivity index (χ3n) is 6.56. The predicted octanol–water partition coefficient (Wildman–Crippen LogP) is 5.38. The average Bonchev–Trinajstić information content (AvgIpc) is 3.37. The highest BCUT2D eigenvalue weighted by atomic mass is 32.2. The van der Waals surface area contributed by atoms with E-state index >= 15 is 0 Å². The van der Waals surface area contributed by atoms with E-state index in [-0.39, 0.29) is 28.7 Å². The minimum absolute atomic E-state index is 0.144. The molecular weight excluding hydrogens is 535 g/mol. The number of hydrogen-bond donors (Lipinski definition) is 3. The molecule has 1 saturated carbocycles. The third kappa shape index (κ3) is 7.43. The Morgan fingerprint density at radius 1 is 0.921 bits per heavy atom. The van der Waals surface area contributed by atoms with Crippen LogP contribution in [0.25, 0.3) is 0 Å². The minimum atomic E-state index is -4.38. The summed E-state index contributed by atoms with van der Waals surface area (Å²) in [6, 6.07) is 14.9. The van der Waals surface area contributed by atoms with Crippen LogP contribution >= 0.6 is 11.3 Å². The first-order valence-electron chi connectivity index (χ1n) is 12.4. The van der Waals surface area contributed by atoms with Gasteiger partial charge in [-0.05, 0) is 61.7 Å². The van der Waals surface area contributed by atoms with Crippen molar-refractivity contribution in [3.05, 3.63) is 87.8 Å². The second-order valence-electron chi connectivity index (χ2n) is 9.46. The second-order valence-corrected chi connectivity index (χ2v) is 12.6. The Labute approximate surface area is 224 Å². The molecule has 1 amide bonds. The third-order valence-corrected chi connectivity index (χ3v) is 9.63. The number of thiophene rings is 1. The van der Waals surface area contributed by atoms with Crippen molar-refractivity contribution in [2.24, 2.45) is 0 Å². The van der Waals surface area contributed by atoms with Crippen LogP contribution in [0.4, 0.5) is 13.2 Å². The molecule has 1 aromatic heterocycles. The van der Waals surface area contributed by atoms with E-state index < -0.39 is 21.8 Å². The van der Waals surface area contributed by atoms with Gasteiger partial charge in [-0.1, -0.05) is 42.7 Å². The molecule has 38 heavy (non-hydrogen) atoms. The van der Waals surface area contributed by atoms with Crippen LogP contribution < -0.4 is 15.4 Å². The summed E-state index contributed by atoms with van der Waals surface area (Å²) < 4.78 is 67.7. The summed E-state index contributed by atoms with van der Waals surface area (Å²) in [5, 5.41) is 6.14. The van der Waals surface area contributed by atoms with Crippen molar-refractivity contribution >= 4 is 27.3 Å². The zero-order valence-electron chi connectivity index (χ0n) is 20.8. The maximum Gasteiger partial charge on any atom is 0.416 e. The number of hydrogen-bond acceptors (Lipinski definition) is 5. The molecule has 1 heterocycles. The quantitative estimate of drug-likeness (QED) is 0.325. The van der Waals surface area contributed by atoms with E-state index in [0.29, 0.717) is 29.0 Å². The monoisotopic (exact) mass is 565 g/mol. The Kier molecular flexibility index (Phi) is 8.92. The Hall–Kier alpha value is -2.73. The molecule has 0 bridgehead atoms. The fraction of sp³-hybridized carbons (Fsp3) is 0.370. The minimum Gasteiger partial charge on any atom is -0.347 e. The van der Waals surface area contributed by atoms with E-state index in [1.165, 1.54) is 18.2 Å². The summed E-state index contributed by atoms with van der Waals surface area (Å²) >= 11 is 1.11. The molecule has 3 aromatic rings. The number of alkyl halides is 3. The first-order chi connectivity index (χ1) is 18.0. The number of amides is 1. The number of benzene rings is 2. The lowest BCUT2D eigenvalue weighted by molar-refractivity contribution is -0.137. The summed E-state index contributed by atoms with van der Waals surface area (Å²) in [6.07, 6.45) is -1.14. The lowest BCUT2D eigenvalue weighted by Crippen LogP contribution is -2.51. The first-order valence-corrected chi connectivity index (χ1v) is 14.7. The number of sulfonamides is 1. The number of nitrogens with one attached hydrogen (secondary N) is 3. The molecule has 11 heteroatoms. The lowest BCUT2D eigenvalue weighted by atomic mass is 9.91. The molecule has 4 rings (SSSR count). The van der Waals surface area contributed by atoms with Gasteiger partial charge in [0, 0.05) is 29.1 Å². The number of carbonyl (C=O) groups is 1. The average molecular weight is 566 g/mol. The highest BCUT2D eigenvalue weighted by molar-refractivity contribution is 7.91. The molecule has 1 unspecified atom stereocenters. The van der Waals surface area contributed by atoms with Gasteiger partial charge in [0.1, 0.15) is 4.21 Å². The molecule has 1 fully saturated rings. The van der Waals surface area contributed by atoms with Crippen LogP contribution in [0.1, 0.15) is 57.6 Å². The summed E-state index contributed by atoms with van der Waals surface area (Å²) in [4.78, 5) is 13.1. The maximum absolute atomic E-state index is 13.1. The highest BCUT2D eigenvalue weighted by Gasteiger charge is 2.31. The zero-order valence-corrected chi connectivity index (χ0v) is 22.5. The summed E-state index contributed by atoms with van der Waals surface area (Å²) in [7, 11) is -3.78. The Morgan fingerprint density at radius 3 is 2.24 bits per heavy atom. The maximum atomic E-state index is 13.1. The van der Waals surface area contributed by atoms with Crippen LogP contribution in [-0.2, 0) is 29.3 Å². The Morgan fingerprint density at radius 2 is 1.58 bits per heavy atom. The van der Waals surface area contributed by atoms with E-state index in [4.69, 9.17) is 0 Å². The van der Waals surface area contributed by atoms with Gasteiger partial charge in [-0.3, -0.25) is 4.79 Å². The molecule has 2 atom stereocenters. The highest BCUT2D eigenvalue weighted by Crippen LogP contribution is 2.29. The number of rotatable bonds is 9. The smallest absolute Gasteiger partial charge is 0.347 e. The molecule has 6 nitrogen and oxygen atoms in total. The zero-order chi connectivity index (χ0) is 27.3. The second kappa shape index (κ2) is 12.0. The molecule has 2 aromatic carbocycles. The molecule has 0 spiro atoms. The molecule has 3 N–H and O–H groups in total. The molecular formula is C27H30F3N3O3S2. The first kappa shape index (κ1) is 28.3. The summed E-state index contributed by atoms with van der Waals surface area (Å²) in [5.41, 5.74) is 1.58. The van der Waals surface area contributed by atoms with E-state index in [2.05, 4.69) is 15.4 Å². The molecule has 1 aliphatic carbocycles. The van der Waals surface area contributed by atoms with Crippen molar-refractivity contribution in [2.45, 2.75) is 68.2 Å². The van der Waals surface area contributed by atoms with E-state index in [0.717, 1.165) is 48.3 Å². The van der Waals surface area contributed by atoms with Gasteiger partial charge < -0.3 is 10.6 Å². The van der Waals surface area contributed by atoms with Crippen molar-refractivity contribution in [2.75, 3.05) is 0 Å². The molecule has 1 aliphatic rings. The summed E-state index contributed by atoms with van der Waals surface area (Å²) in [5.74, 6) is -0.231. The van der Waals surface area contributed by atoms with E-state index in [1.807, 2.05) is 19.1 Å². The Bertz CT molecular complexity index is 1340. The van der Waals surface area contributed by atoms with Crippen LogP contribution in [-0.4, -0.2) is 26.4 Å². The predicted molar refractivity (Wildman–Crippen MR) is 141 cm³/mol. The van der Waals surface area contributed by atoms with Gasteiger partial charge in [-0.15, -0.1) is 11.3 Å². The van der Waals surface area contributed by atoms with E-state index in [9.17, 15) is 26.4 Å². The van der Waals surface area contributed by atoms with Gasteiger partial charge in [-0.25, -0.2) is 13.1 Å². The van der Waals surface area contributed by atoms with Gasteiger partial charge in [0.2, 0.25) is 10.0 Å². The normalized spacial score (nSPS) is 18.3. The Balaban J connectivity index is 1.34.